The SMILES string of the molecule is O=C(CNC(=O)c1ccc(F)cc1F)NCCOCC(F)(F)F. The van der Waals surface area contributed by atoms with Crippen molar-refractivity contribution >= 4 is 11.8 Å². The average Bonchev–Trinajstić information content (AvgIpc) is 2.43. The van der Waals surface area contributed by atoms with Gasteiger partial charge >= 0.3 is 6.18 Å². The summed E-state index contributed by atoms with van der Waals surface area (Å²) < 4.78 is 65.5. The number of rotatable bonds is 7. The molecule has 10 heteroatoms. The lowest BCUT2D eigenvalue weighted by atomic mass is 10.2. The summed E-state index contributed by atoms with van der Waals surface area (Å²) in [7, 11) is 0. The normalized spacial score (nSPS) is 11.2. The van der Waals surface area contributed by atoms with Gasteiger partial charge in [0.05, 0.1) is 18.7 Å². The number of benzene rings is 1. The Bertz CT molecular complexity index is 563. The molecule has 0 bridgehead atoms. The molecule has 0 aliphatic rings. The van der Waals surface area contributed by atoms with Gasteiger partial charge in [-0.15, -0.1) is 0 Å². The first kappa shape index (κ1) is 18.8. The van der Waals surface area contributed by atoms with Crippen molar-refractivity contribution in [3.05, 3.63) is 35.4 Å². The molecular weight excluding hydrogens is 327 g/mol. The van der Waals surface area contributed by atoms with Crippen LogP contribution in [-0.2, 0) is 9.53 Å². The molecule has 128 valence electrons. The largest absolute Gasteiger partial charge is 0.411 e. The number of nitrogens with one attached hydrogen (secondary N) is 2. The second kappa shape index (κ2) is 8.42. The van der Waals surface area contributed by atoms with Crippen molar-refractivity contribution in [2.45, 2.75) is 6.18 Å². The van der Waals surface area contributed by atoms with Gasteiger partial charge in [0.2, 0.25) is 5.91 Å². The summed E-state index contributed by atoms with van der Waals surface area (Å²) >= 11 is 0. The van der Waals surface area contributed by atoms with E-state index >= 15 is 0 Å². The summed E-state index contributed by atoms with van der Waals surface area (Å²) in [6.07, 6.45) is -4.45. The molecule has 0 aliphatic heterocycles. The molecule has 0 unspecified atom stereocenters. The number of amides is 2. The lowest BCUT2D eigenvalue weighted by Gasteiger charge is -2.09. The summed E-state index contributed by atoms with van der Waals surface area (Å²) in [6, 6.07) is 2.33. The van der Waals surface area contributed by atoms with E-state index in [9.17, 15) is 31.5 Å². The van der Waals surface area contributed by atoms with Crippen molar-refractivity contribution in [1.82, 2.24) is 10.6 Å². The van der Waals surface area contributed by atoms with E-state index in [1.807, 2.05) is 0 Å². The Kier molecular flexibility index (Phi) is 6.89. The van der Waals surface area contributed by atoms with E-state index in [0.717, 1.165) is 12.1 Å². The van der Waals surface area contributed by atoms with E-state index in [-0.39, 0.29) is 13.2 Å². The van der Waals surface area contributed by atoms with Gasteiger partial charge in [-0.2, -0.15) is 13.2 Å². The first-order valence-corrected chi connectivity index (χ1v) is 6.33. The zero-order chi connectivity index (χ0) is 17.5. The molecule has 0 heterocycles. The molecule has 0 radical (unpaired) electrons. The topological polar surface area (TPSA) is 67.4 Å². The molecule has 2 amide bonds. The fourth-order valence-corrected chi connectivity index (χ4v) is 1.44. The average molecular weight is 340 g/mol. The highest BCUT2D eigenvalue weighted by Gasteiger charge is 2.27. The maximum atomic E-state index is 13.3. The van der Waals surface area contributed by atoms with Gasteiger partial charge in [-0.25, -0.2) is 8.78 Å². The van der Waals surface area contributed by atoms with Crippen LogP contribution in [0.5, 0.6) is 0 Å². The lowest BCUT2D eigenvalue weighted by molar-refractivity contribution is -0.173. The molecule has 2 N–H and O–H groups in total. The minimum atomic E-state index is -4.45. The highest BCUT2D eigenvalue weighted by atomic mass is 19.4. The molecule has 1 aromatic rings. The van der Waals surface area contributed by atoms with Crippen LogP contribution in [-0.4, -0.2) is 44.3 Å². The van der Waals surface area contributed by atoms with Crippen LogP contribution in [0.25, 0.3) is 0 Å². The fourth-order valence-electron chi connectivity index (χ4n) is 1.44. The van der Waals surface area contributed by atoms with E-state index in [1.165, 1.54) is 0 Å². The highest BCUT2D eigenvalue weighted by molar-refractivity contribution is 5.96. The molecule has 0 aliphatic carbocycles. The van der Waals surface area contributed by atoms with Crippen molar-refractivity contribution in [3.8, 4) is 0 Å². The number of halogens is 5. The quantitative estimate of drug-likeness (QED) is 0.582. The van der Waals surface area contributed by atoms with E-state index in [1.54, 1.807) is 0 Å². The summed E-state index contributed by atoms with van der Waals surface area (Å²) in [6.45, 7) is -2.49. The van der Waals surface area contributed by atoms with E-state index in [0.29, 0.717) is 6.07 Å². The lowest BCUT2D eigenvalue weighted by Crippen LogP contribution is -2.38. The van der Waals surface area contributed by atoms with E-state index in [2.05, 4.69) is 15.4 Å². The van der Waals surface area contributed by atoms with Gasteiger partial charge in [0.25, 0.3) is 5.91 Å². The van der Waals surface area contributed by atoms with Crippen LogP contribution in [0.2, 0.25) is 0 Å². The van der Waals surface area contributed by atoms with Crippen molar-refractivity contribution in [3.63, 3.8) is 0 Å². The van der Waals surface area contributed by atoms with Gasteiger partial charge in [0.15, 0.2) is 0 Å². The highest BCUT2D eigenvalue weighted by Crippen LogP contribution is 2.13. The number of alkyl halides is 3. The minimum absolute atomic E-state index is 0.185. The van der Waals surface area contributed by atoms with Gasteiger partial charge in [-0.3, -0.25) is 9.59 Å². The Morgan fingerprint density at radius 3 is 2.43 bits per heavy atom. The van der Waals surface area contributed by atoms with Crippen LogP contribution in [0.15, 0.2) is 18.2 Å². The Labute approximate surface area is 127 Å². The van der Waals surface area contributed by atoms with Crippen LogP contribution in [0.3, 0.4) is 0 Å². The Morgan fingerprint density at radius 1 is 1.13 bits per heavy atom. The van der Waals surface area contributed by atoms with Crippen LogP contribution < -0.4 is 10.6 Å². The molecule has 5 nitrogen and oxygen atoms in total. The Hall–Kier alpha value is -2.23. The third-order valence-corrected chi connectivity index (χ3v) is 2.42. The smallest absolute Gasteiger partial charge is 0.370 e. The third kappa shape index (κ3) is 7.54. The van der Waals surface area contributed by atoms with E-state index in [4.69, 9.17) is 0 Å². The predicted octanol–water partition coefficient (Wildman–Crippen LogP) is 1.39. The number of hydrogen-bond donors (Lipinski definition) is 2. The van der Waals surface area contributed by atoms with Crippen LogP contribution in [0.4, 0.5) is 22.0 Å². The number of hydrogen-bond acceptors (Lipinski definition) is 3. The second-order valence-electron chi connectivity index (χ2n) is 4.32. The van der Waals surface area contributed by atoms with Crippen LogP contribution >= 0.6 is 0 Å². The summed E-state index contributed by atoms with van der Waals surface area (Å²) in [5, 5.41) is 4.29. The van der Waals surface area contributed by atoms with Gasteiger partial charge < -0.3 is 15.4 Å². The predicted molar refractivity (Wildman–Crippen MR) is 68.6 cm³/mol. The maximum Gasteiger partial charge on any atom is 0.411 e. The number of carbonyl (C=O) groups is 2. The summed E-state index contributed by atoms with van der Waals surface area (Å²) in [4.78, 5) is 22.9. The molecule has 0 saturated carbocycles. The Morgan fingerprint density at radius 2 is 1.83 bits per heavy atom. The van der Waals surface area contributed by atoms with Gasteiger partial charge in [-0.05, 0) is 12.1 Å². The molecule has 0 aromatic heterocycles. The molecular formula is C13H13F5N2O3. The van der Waals surface area contributed by atoms with Crippen LogP contribution in [0.1, 0.15) is 10.4 Å². The van der Waals surface area contributed by atoms with Gasteiger partial charge in [0, 0.05) is 12.6 Å². The second-order valence-corrected chi connectivity index (χ2v) is 4.32. The van der Waals surface area contributed by atoms with E-state index < -0.39 is 48.3 Å². The van der Waals surface area contributed by atoms with Crippen molar-refractivity contribution in [1.29, 1.82) is 0 Å². The summed E-state index contributed by atoms with van der Waals surface area (Å²) in [5.41, 5.74) is -0.437. The molecule has 0 atom stereocenters. The van der Waals surface area contributed by atoms with Crippen molar-refractivity contribution in [2.24, 2.45) is 0 Å². The molecule has 1 rings (SSSR count). The minimum Gasteiger partial charge on any atom is -0.370 e. The monoisotopic (exact) mass is 340 g/mol. The summed E-state index contributed by atoms with van der Waals surface area (Å²) in [5.74, 6) is -3.55. The van der Waals surface area contributed by atoms with Crippen molar-refractivity contribution in [2.75, 3.05) is 26.3 Å². The first-order valence-electron chi connectivity index (χ1n) is 6.33. The standard InChI is InChI=1S/C13H13F5N2O3/c14-8-1-2-9(10(15)5-8)12(22)20-6-11(21)19-3-4-23-7-13(16,17)18/h1-2,5H,3-4,6-7H2,(H,19,21)(H,20,22). The fraction of sp³-hybridized carbons (Fsp3) is 0.385. The number of carbonyl (C=O) groups excluding carboxylic acids is 2. The molecule has 1 aromatic carbocycles. The van der Waals surface area contributed by atoms with Crippen LogP contribution in [0, 0.1) is 11.6 Å². The maximum absolute atomic E-state index is 13.3. The number of ether oxygens (including phenoxy) is 1. The van der Waals surface area contributed by atoms with Gasteiger partial charge in [0.1, 0.15) is 18.2 Å². The Balaban J connectivity index is 2.26. The zero-order valence-corrected chi connectivity index (χ0v) is 11.7. The molecule has 0 spiro atoms. The third-order valence-electron chi connectivity index (χ3n) is 2.42. The first-order chi connectivity index (χ1) is 10.7. The molecule has 23 heavy (non-hydrogen) atoms. The molecule has 0 fully saturated rings. The van der Waals surface area contributed by atoms with Crippen molar-refractivity contribution < 1.29 is 36.3 Å². The zero-order valence-electron chi connectivity index (χ0n) is 11.7. The van der Waals surface area contributed by atoms with Gasteiger partial charge in [-0.1, -0.05) is 0 Å². The molecule has 0 saturated heterocycles.